The van der Waals surface area contributed by atoms with Crippen LogP contribution >= 0.6 is 0 Å². The number of nitrogens with two attached hydrogens (primary N) is 3. The van der Waals surface area contributed by atoms with Crippen molar-refractivity contribution in [3.8, 4) is 0 Å². The number of Topliss-reactive ketones (excluding diaryl/α,β-unsaturated/α-hetero) is 1. The Morgan fingerprint density at radius 2 is 1.62 bits per heavy atom. The maximum atomic E-state index is 13.6. The van der Waals surface area contributed by atoms with E-state index in [9.17, 15) is 22.8 Å². The fourth-order valence-electron chi connectivity index (χ4n) is 6.60. The van der Waals surface area contributed by atoms with E-state index in [1.54, 1.807) is 6.20 Å². The number of para-hydroxylation sites is 1. The molecule has 0 spiro atoms. The average molecular weight is 628 g/mol. The van der Waals surface area contributed by atoms with Crippen LogP contribution in [0.5, 0.6) is 0 Å². The molecular weight excluding hydrogens is 581 g/mol. The largest absolute Gasteiger partial charge is 0.416 e. The van der Waals surface area contributed by atoms with Crippen LogP contribution in [-0.4, -0.2) is 73.0 Å². The average Bonchev–Trinajstić information content (AvgIpc) is 3.00. The third-order valence-corrected chi connectivity index (χ3v) is 9.19. The number of fused-ring (bicyclic) bond motifs is 1. The number of aromatic nitrogens is 1. The summed E-state index contributed by atoms with van der Waals surface area (Å²) in [6.45, 7) is 3.91. The molecule has 4 rings (SSSR count). The van der Waals surface area contributed by atoms with Gasteiger partial charge in [0.25, 0.3) is 0 Å². The first kappa shape index (κ1) is 34.5. The standard InChI is InChI=1S/C34H45F3N6O2/c1-43(16-14-38,17-15-39)22-24-6-10-26(11-7-24)32(40)33(45)42-30(19-23-8-12-28(13-9-23)34(35,36)37)31(44)20-25-18-27-4-2-3-5-29(27)41-21-25/h2-5,8-9,12-13,18,21,24,26,30,32H,6-7,10-11,14-17,19-20,22,38-40H2,1H3/p+1/t24?,26?,30-,32-/m0/s1. The number of pyridine rings is 1. The topological polar surface area (TPSA) is 137 Å². The Balaban J connectivity index is 1.43. The SMILES string of the molecule is C[N+](CCN)(CCN)CC1CCC([C@H](N)C(=O)N[C@@H](Cc2ccc(C(F)(F)F)cc2)C(=O)Cc2cnc3ccccc3c2)CC1. The predicted octanol–water partition coefficient (Wildman–Crippen LogP) is 3.59. The van der Waals surface area contributed by atoms with Crippen LogP contribution in [0.1, 0.15) is 42.4 Å². The van der Waals surface area contributed by atoms with Crippen molar-refractivity contribution in [2.24, 2.45) is 29.0 Å². The van der Waals surface area contributed by atoms with E-state index in [1.165, 1.54) is 12.1 Å². The molecule has 1 aromatic heterocycles. The molecule has 2 atom stereocenters. The van der Waals surface area contributed by atoms with Gasteiger partial charge in [0.05, 0.1) is 49.8 Å². The predicted molar refractivity (Wildman–Crippen MR) is 170 cm³/mol. The fraction of sp³-hybridized carbons (Fsp3) is 0.500. The molecular formula is C34H46F3N6O2+. The van der Waals surface area contributed by atoms with Gasteiger partial charge < -0.3 is 27.0 Å². The second-order valence-electron chi connectivity index (χ2n) is 12.8. The number of hydrogen-bond acceptors (Lipinski definition) is 6. The zero-order valence-electron chi connectivity index (χ0n) is 25.9. The molecule has 45 heavy (non-hydrogen) atoms. The zero-order valence-corrected chi connectivity index (χ0v) is 25.9. The number of alkyl halides is 3. The molecule has 2 aromatic carbocycles. The lowest BCUT2D eigenvalue weighted by molar-refractivity contribution is -0.910. The number of nitrogens with zero attached hydrogens (tertiary/aromatic N) is 2. The van der Waals surface area contributed by atoms with Gasteiger partial charge in [-0.2, -0.15) is 13.2 Å². The summed E-state index contributed by atoms with van der Waals surface area (Å²) in [5.41, 5.74) is 19.4. The monoisotopic (exact) mass is 627 g/mol. The van der Waals surface area contributed by atoms with Crippen LogP contribution < -0.4 is 22.5 Å². The number of amides is 1. The van der Waals surface area contributed by atoms with Gasteiger partial charge in [0.15, 0.2) is 5.78 Å². The summed E-state index contributed by atoms with van der Waals surface area (Å²) in [4.78, 5) is 31.5. The van der Waals surface area contributed by atoms with Crippen LogP contribution in [0.2, 0.25) is 0 Å². The molecule has 7 N–H and O–H groups in total. The highest BCUT2D eigenvalue weighted by Gasteiger charge is 2.35. The third kappa shape index (κ3) is 9.56. The Labute approximate surface area is 263 Å². The molecule has 11 heteroatoms. The number of benzene rings is 2. The number of carbonyl (C=O) groups is 2. The van der Waals surface area contributed by atoms with Gasteiger partial charge in [0, 0.05) is 37.0 Å². The zero-order chi connectivity index (χ0) is 32.6. The van der Waals surface area contributed by atoms with Crippen molar-refractivity contribution in [3.05, 3.63) is 77.5 Å². The van der Waals surface area contributed by atoms with E-state index in [1.807, 2.05) is 30.3 Å². The normalized spacial score (nSPS) is 18.8. The summed E-state index contributed by atoms with van der Waals surface area (Å²) in [7, 11) is 2.19. The molecule has 0 saturated heterocycles. The second kappa shape index (κ2) is 15.3. The second-order valence-corrected chi connectivity index (χ2v) is 12.8. The molecule has 3 aromatic rings. The first-order valence-corrected chi connectivity index (χ1v) is 15.7. The van der Waals surface area contributed by atoms with Gasteiger partial charge in [0.2, 0.25) is 5.91 Å². The molecule has 1 amide bonds. The first-order valence-electron chi connectivity index (χ1n) is 15.7. The maximum absolute atomic E-state index is 13.6. The molecule has 0 radical (unpaired) electrons. The molecule has 0 bridgehead atoms. The molecule has 1 heterocycles. The van der Waals surface area contributed by atoms with Crippen LogP contribution in [-0.2, 0) is 28.6 Å². The van der Waals surface area contributed by atoms with Gasteiger partial charge in [-0.25, -0.2) is 0 Å². The van der Waals surface area contributed by atoms with Crippen LogP contribution in [0.4, 0.5) is 13.2 Å². The van der Waals surface area contributed by atoms with Crippen molar-refractivity contribution in [1.29, 1.82) is 0 Å². The summed E-state index contributed by atoms with van der Waals surface area (Å²) < 4.78 is 40.2. The number of halogens is 3. The van der Waals surface area contributed by atoms with E-state index >= 15 is 0 Å². The molecule has 1 aliphatic rings. The number of rotatable bonds is 14. The number of hydrogen-bond donors (Lipinski definition) is 4. The minimum atomic E-state index is -4.47. The molecule has 244 valence electrons. The summed E-state index contributed by atoms with van der Waals surface area (Å²) in [6, 6.07) is 12.3. The maximum Gasteiger partial charge on any atom is 0.416 e. The van der Waals surface area contributed by atoms with E-state index in [0.717, 1.165) is 72.8 Å². The van der Waals surface area contributed by atoms with Crippen molar-refractivity contribution in [1.82, 2.24) is 10.3 Å². The Hall–Kier alpha value is -3.38. The molecule has 1 saturated carbocycles. The Kier molecular flexibility index (Phi) is 11.7. The highest BCUT2D eigenvalue weighted by molar-refractivity contribution is 5.92. The van der Waals surface area contributed by atoms with E-state index in [2.05, 4.69) is 17.3 Å². The summed E-state index contributed by atoms with van der Waals surface area (Å²) >= 11 is 0. The lowest BCUT2D eigenvalue weighted by atomic mass is 9.78. The summed E-state index contributed by atoms with van der Waals surface area (Å²) in [5, 5.41) is 3.74. The highest BCUT2D eigenvalue weighted by atomic mass is 19.4. The summed E-state index contributed by atoms with van der Waals surface area (Å²) in [6.07, 6.45) is 0.689. The van der Waals surface area contributed by atoms with Gasteiger partial charge in [-0.05, 0) is 73.4 Å². The number of nitrogens with one attached hydrogen (secondary N) is 1. The molecule has 0 unspecified atom stereocenters. The van der Waals surface area contributed by atoms with Crippen molar-refractivity contribution < 1.29 is 27.2 Å². The first-order chi connectivity index (χ1) is 21.4. The Bertz CT molecular complexity index is 1420. The fourth-order valence-corrected chi connectivity index (χ4v) is 6.60. The van der Waals surface area contributed by atoms with E-state index in [0.29, 0.717) is 30.1 Å². The van der Waals surface area contributed by atoms with Gasteiger partial charge >= 0.3 is 6.18 Å². The Morgan fingerprint density at radius 1 is 0.978 bits per heavy atom. The lowest BCUT2D eigenvalue weighted by Gasteiger charge is -2.40. The number of likely N-dealkylation sites (N-methyl/N-ethyl adjacent to an activating group) is 1. The summed E-state index contributed by atoms with van der Waals surface area (Å²) in [5.74, 6) is -0.236. The van der Waals surface area contributed by atoms with Gasteiger partial charge in [-0.15, -0.1) is 0 Å². The van der Waals surface area contributed by atoms with E-state index in [4.69, 9.17) is 17.2 Å². The van der Waals surface area contributed by atoms with Crippen molar-refractivity contribution in [2.75, 3.05) is 39.8 Å². The quantitative estimate of drug-likeness (QED) is 0.202. The van der Waals surface area contributed by atoms with Crippen molar-refractivity contribution in [2.45, 2.75) is 56.8 Å². The van der Waals surface area contributed by atoms with Crippen LogP contribution in [0, 0.1) is 11.8 Å². The van der Waals surface area contributed by atoms with Crippen LogP contribution in [0.25, 0.3) is 10.9 Å². The number of carbonyl (C=O) groups excluding carboxylic acids is 2. The van der Waals surface area contributed by atoms with E-state index < -0.39 is 29.7 Å². The van der Waals surface area contributed by atoms with Crippen molar-refractivity contribution in [3.63, 3.8) is 0 Å². The van der Waals surface area contributed by atoms with E-state index in [-0.39, 0.29) is 24.5 Å². The minimum Gasteiger partial charge on any atom is -0.345 e. The molecule has 0 aliphatic heterocycles. The molecule has 1 aliphatic carbocycles. The lowest BCUT2D eigenvalue weighted by Crippen LogP contribution is -2.54. The molecule has 1 fully saturated rings. The third-order valence-electron chi connectivity index (χ3n) is 9.19. The Morgan fingerprint density at radius 3 is 2.24 bits per heavy atom. The van der Waals surface area contributed by atoms with Crippen molar-refractivity contribution >= 4 is 22.6 Å². The number of ketones is 1. The highest BCUT2D eigenvalue weighted by Crippen LogP contribution is 2.32. The van der Waals surface area contributed by atoms with Gasteiger partial charge in [0.1, 0.15) is 0 Å². The molecule has 8 nitrogen and oxygen atoms in total. The smallest absolute Gasteiger partial charge is 0.345 e. The minimum absolute atomic E-state index is 0.00633. The van der Waals surface area contributed by atoms with Gasteiger partial charge in [-0.1, -0.05) is 30.3 Å². The van der Waals surface area contributed by atoms with Crippen LogP contribution in [0.3, 0.4) is 0 Å². The van der Waals surface area contributed by atoms with Crippen LogP contribution in [0.15, 0.2) is 60.8 Å². The van der Waals surface area contributed by atoms with Gasteiger partial charge in [-0.3, -0.25) is 14.6 Å². The number of quaternary nitrogens is 1.